The molecule has 1 amide bonds. The van der Waals surface area contributed by atoms with Crippen molar-refractivity contribution in [3.63, 3.8) is 0 Å². The van der Waals surface area contributed by atoms with Crippen LogP contribution in [-0.2, 0) is 16.0 Å². The first-order chi connectivity index (χ1) is 15.4. The van der Waals surface area contributed by atoms with Gasteiger partial charge in [-0.1, -0.05) is 35.1 Å². The highest BCUT2D eigenvalue weighted by Crippen LogP contribution is 2.31. The van der Waals surface area contributed by atoms with Crippen LogP contribution in [0.25, 0.3) is 10.2 Å². The standard InChI is InChI=1S/C26H33N3O2S/c1-18-6-7-22(21(4)14-18)17-25(30)29(9-5-8-28-10-12-31-13-11-28)26-27-23-15-19(2)20(3)16-24(23)32-26/h6-7,14-16H,5,8-13,17H2,1-4H3. The van der Waals surface area contributed by atoms with Gasteiger partial charge in [-0.05, 0) is 68.5 Å². The number of nitrogens with zero attached hydrogens (tertiary/aromatic N) is 3. The first kappa shape index (κ1) is 22.9. The molecule has 170 valence electrons. The Morgan fingerprint density at radius 2 is 1.81 bits per heavy atom. The van der Waals surface area contributed by atoms with E-state index in [1.54, 1.807) is 11.3 Å². The molecule has 0 unspecified atom stereocenters. The quantitative estimate of drug-likeness (QED) is 0.516. The van der Waals surface area contributed by atoms with Crippen LogP contribution in [-0.4, -0.2) is 55.2 Å². The molecule has 1 aliphatic heterocycles. The van der Waals surface area contributed by atoms with Gasteiger partial charge in [-0.2, -0.15) is 0 Å². The maximum absolute atomic E-state index is 13.5. The molecular weight excluding hydrogens is 418 g/mol. The Hall–Kier alpha value is -2.28. The van der Waals surface area contributed by atoms with E-state index in [1.165, 1.54) is 22.3 Å². The third-order valence-electron chi connectivity index (χ3n) is 6.32. The van der Waals surface area contributed by atoms with Crippen LogP contribution in [0, 0.1) is 27.7 Å². The van der Waals surface area contributed by atoms with Gasteiger partial charge >= 0.3 is 0 Å². The van der Waals surface area contributed by atoms with E-state index in [4.69, 9.17) is 9.72 Å². The molecule has 0 spiro atoms. The van der Waals surface area contributed by atoms with Gasteiger partial charge in [0.2, 0.25) is 5.91 Å². The van der Waals surface area contributed by atoms with E-state index < -0.39 is 0 Å². The van der Waals surface area contributed by atoms with Gasteiger partial charge in [0, 0.05) is 26.2 Å². The summed E-state index contributed by atoms with van der Waals surface area (Å²) in [6, 6.07) is 10.6. The van der Waals surface area contributed by atoms with Crippen molar-refractivity contribution in [1.82, 2.24) is 9.88 Å². The molecule has 0 radical (unpaired) electrons. The molecule has 4 rings (SSSR count). The van der Waals surface area contributed by atoms with Crippen molar-refractivity contribution in [1.29, 1.82) is 0 Å². The van der Waals surface area contributed by atoms with Crippen LogP contribution in [0.1, 0.15) is 34.2 Å². The van der Waals surface area contributed by atoms with E-state index in [0.717, 1.165) is 60.2 Å². The SMILES string of the molecule is Cc1ccc(CC(=O)N(CCCN2CCOCC2)c2nc3cc(C)c(C)cc3s2)c(C)c1. The van der Waals surface area contributed by atoms with Crippen molar-refractivity contribution in [3.05, 3.63) is 58.1 Å². The molecule has 0 atom stereocenters. The minimum Gasteiger partial charge on any atom is -0.379 e. The lowest BCUT2D eigenvalue weighted by atomic mass is 10.0. The van der Waals surface area contributed by atoms with Gasteiger partial charge in [-0.15, -0.1) is 0 Å². The van der Waals surface area contributed by atoms with E-state index in [0.29, 0.717) is 13.0 Å². The van der Waals surface area contributed by atoms with E-state index in [2.05, 4.69) is 62.9 Å². The number of ether oxygens (including phenoxy) is 1. The van der Waals surface area contributed by atoms with E-state index in [9.17, 15) is 4.79 Å². The topological polar surface area (TPSA) is 45.7 Å². The first-order valence-corrected chi connectivity index (χ1v) is 12.3. The predicted molar refractivity (Wildman–Crippen MR) is 133 cm³/mol. The van der Waals surface area contributed by atoms with Crippen molar-refractivity contribution in [2.24, 2.45) is 0 Å². The Labute approximate surface area is 195 Å². The fourth-order valence-corrected chi connectivity index (χ4v) is 5.28. The van der Waals surface area contributed by atoms with Crippen molar-refractivity contribution in [2.45, 2.75) is 40.5 Å². The zero-order valence-corrected chi connectivity index (χ0v) is 20.4. The minimum absolute atomic E-state index is 0.117. The Balaban J connectivity index is 1.56. The van der Waals surface area contributed by atoms with Crippen LogP contribution in [0.2, 0.25) is 0 Å². The van der Waals surface area contributed by atoms with E-state index >= 15 is 0 Å². The number of thiazole rings is 1. The summed E-state index contributed by atoms with van der Waals surface area (Å²) >= 11 is 1.62. The first-order valence-electron chi connectivity index (χ1n) is 11.4. The Kier molecular flexibility index (Phi) is 7.23. The largest absolute Gasteiger partial charge is 0.379 e. The third kappa shape index (κ3) is 5.37. The number of hydrogen-bond donors (Lipinski definition) is 0. The summed E-state index contributed by atoms with van der Waals surface area (Å²) in [6.45, 7) is 13.6. The van der Waals surface area contributed by atoms with Crippen LogP contribution in [0.4, 0.5) is 5.13 Å². The summed E-state index contributed by atoms with van der Waals surface area (Å²) in [6.07, 6.45) is 1.32. The smallest absolute Gasteiger partial charge is 0.233 e. The van der Waals surface area contributed by atoms with Gasteiger partial charge in [0.1, 0.15) is 0 Å². The molecule has 1 aliphatic rings. The number of carbonyl (C=O) groups is 1. The number of carbonyl (C=O) groups excluding carboxylic acids is 1. The summed E-state index contributed by atoms with van der Waals surface area (Å²) in [5.41, 5.74) is 6.94. The Bertz CT molecular complexity index is 1060. The van der Waals surface area contributed by atoms with Crippen molar-refractivity contribution in [3.8, 4) is 0 Å². The van der Waals surface area contributed by atoms with Crippen LogP contribution < -0.4 is 4.90 Å². The maximum Gasteiger partial charge on any atom is 0.233 e. The zero-order chi connectivity index (χ0) is 22.7. The van der Waals surface area contributed by atoms with Gasteiger partial charge < -0.3 is 4.74 Å². The second-order valence-corrected chi connectivity index (χ2v) is 9.87. The predicted octanol–water partition coefficient (Wildman–Crippen LogP) is 4.83. The fourth-order valence-electron chi connectivity index (χ4n) is 4.19. The number of morpholine rings is 1. The van der Waals surface area contributed by atoms with E-state index in [1.807, 2.05) is 4.90 Å². The van der Waals surface area contributed by atoms with E-state index in [-0.39, 0.29) is 5.91 Å². The Morgan fingerprint density at radius 1 is 1.06 bits per heavy atom. The van der Waals surface area contributed by atoms with Crippen LogP contribution in [0.5, 0.6) is 0 Å². The lowest BCUT2D eigenvalue weighted by Crippen LogP contribution is -2.39. The van der Waals surface area contributed by atoms with Crippen LogP contribution in [0.3, 0.4) is 0 Å². The second-order valence-electron chi connectivity index (χ2n) is 8.86. The molecule has 2 aromatic carbocycles. The highest BCUT2D eigenvalue weighted by molar-refractivity contribution is 7.22. The average molecular weight is 452 g/mol. The van der Waals surface area contributed by atoms with Crippen molar-refractivity contribution >= 4 is 32.6 Å². The van der Waals surface area contributed by atoms with Crippen LogP contribution in [0.15, 0.2) is 30.3 Å². The molecule has 0 N–H and O–H groups in total. The molecule has 2 heterocycles. The summed E-state index contributed by atoms with van der Waals surface area (Å²) in [5, 5.41) is 0.807. The monoisotopic (exact) mass is 451 g/mol. The molecule has 1 saturated heterocycles. The van der Waals surface area contributed by atoms with Crippen molar-refractivity contribution < 1.29 is 9.53 Å². The molecule has 0 saturated carbocycles. The molecule has 0 aliphatic carbocycles. The van der Waals surface area contributed by atoms with Gasteiger partial charge in [-0.3, -0.25) is 14.6 Å². The summed E-state index contributed by atoms with van der Waals surface area (Å²) in [5.74, 6) is 0.117. The van der Waals surface area contributed by atoms with Gasteiger partial charge in [0.05, 0.1) is 29.9 Å². The fraction of sp³-hybridized carbons (Fsp3) is 0.462. The van der Waals surface area contributed by atoms with Crippen molar-refractivity contribution in [2.75, 3.05) is 44.3 Å². The summed E-state index contributed by atoms with van der Waals surface area (Å²) < 4.78 is 6.60. The lowest BCUT2D eigenvalue weighted by Gasteiger charge is -2.27. The normalized spacial score (nSPS) is 14.8. The Morgan fingerprint density at radius 3 is 2.56 bits per heavy atom. The molecule has 3 aromatic rings. The zero-order valence-electron chi connectivity index (χ0n) is 19.6. The molecule has 5 nitrogen and oxygen atoms in total. The van der Waals surface area contributed by atoms with Gasteiger partial charge in [0.25, 0.3) is 0 Å². The summed E-state index contributed by atoms with van der Waals surface area (Å²) in [4.78, 5) is 22.7. The number of rotatable bonds is 7. The molecule has 6 heteroatoms. The highest BCUT2D eigenvalue weighted by Gasteiger charge is 2.21. The van der Waals surface area contributed by atoms with Gasteiger partial charge in [0.15, 0.2) is 5.13 Å². The number of anilines is 1. The number of fused-ring (bicyclic) bond motifs is 1. The minimum atomic E-state index is 0.117. The molecule has 0 bridgehead atoms. The molecule has 1 aromatic heterocycles. The lowest BCUT2D eigenvalue weighted by molar-refractivity contribution is -0.118. The number of aromatic nitrogens is 1. The number of amides is 1. The third-order valence-corrected chi connectivity index (χ3v) is 7.37. The number of hydrogen-bond acceptors (Lipinski definition) is 5. The van der Waals surface area contributed by atoms with Gasteiger partial charge in [-0.25, -0.2) is 4.98 Å². The average Bonchev–Trinajstić information content (AvgIpc) is 3.16. The van der Waals surface area contributed by atoms with Crippen LogP contribution >= 0.6 is 11.3 Å². The highest BCUT2D eigenvalue weighted by atomic mass is 32.1. The molecule has 1 fully saturated rings. The number of benzene rings is 2. The maximum atomic E-state index is 13.5. The molecular formula is C26H33N3O2S. The second kappa shape index (κ2) is 10.1. The number of aryl methyl sites for hydroxylation is 4. The molecule has 32 heavy (non-hydrogen) atoms. The summed E-state index contributed by atoms with van der Waals surface area (Å²) in [7, 11) is 0.